The van der Waals surface area contributed by atoms with Crippen LogP contribution in [-0.2, 0) is 0 Å². The molecular weight excluding hydrogens is 501 g/mol. The Balaban J connectivity index is 0.00000161. The van der Waals surface area contributed by atoms with E-state index in [4.69, 9.17) is 4.74 Å². The zero-order chi connectivity index (χ0) is 26.2. The molecule has 3 aliphatic heterocycles. The van der Waals surface area contributed by atoms with E-state index in [1.165, 1.54) is 12.3 Å². The first kappa shape index (κ1) is 23.6. The molecule has 12 heteroatoms. The molecule has 7 rings (SSSR count). The number of hydrazine groups is 2. The van der Waals surface area contributed by atoms with Gasteiger partial charge in [-0.2, -0.15) is 13.2 Å². The Labute approximate surface area is 219 Å². The van der Waals surface area contributed by atoms with Crippen molar-refractivity contribution in [2.45, 2.75) is 24.9 Å². The topological polar surface area (TPSA) is 98.8 Å². The summed E-state index contributed by atoms with van der Waals surface area (Å²) in [5.41, 5.74) is 11.8. The van der Waals surface area contributed by atoms with Crippen molar-refractivity contribution in [3.05, 3.63) is 47.3 Å². The van der Waals surface area contributed by atoms with Crippen molar-refractivity contribution >= 4 is 23.2 Å². The minimum atomic E-state index is -4.46. The standard InChI is InChI=1S/C26H27F3N6O3.2H2/c27-26(28,29)12-38-23-6-22(30-7-15(23)13-1-2-13)25(37)35-10-18-16-8-34(9-17(16)19(18)11-35)24(36)14-3-4-20-21(5-14)32-33-31-20;;/h3-7,13,16-19,31-33H,1-2,8-12H2;2*1H/t16-,17+,18?,19?;;. The number of rotatable bonds is 5. The van der Waals surface area contributed by atoms with E-state index in [9.17, 15) is 22.8 Å². The first-order valence-electron chi connectivity index (χ1n) is 12.9. The van der Waals surface area contributed by atoms with E-state index in [-0.39, 0.29) is 32.0 Å². The van der Waals surface area contributed by atoms with Crippen LogP contribution >= 0.6 is 0 Å². The number of hydrogen-bond donors (Lipinski definition) is 3. The van der Waals surface area contributed by atoms with Crippen molar-refractivity contribution in [2.24, 2.45) is 23.7 Å². The number of fused-ring (bicyclic) bond motifs is 5. The zero-order valence-electron chi connectivity index (χ0n) is 20.4. The molecule has 0 radical (unpaired) electrons. The molecule has 2 saturated heterocycles. The number of hydrogen-bond acceptors (Lipinski definition) is 7. The molecule has 3 N–H and O–H groups in total. The summed E-state index contributed by atoms with van der Waals surface area (Å²) >= 11 is 0. The molecule has 2 aromatic rings. The molecule has 2 amide bonds. The summed E-state index contributed by atoms with van der Waals surface area (Å²) < 4.78 is 43.4. The molecule has 4 fully saturated rings. The number of nitrogens with one attached hydrogen (secondary N) is 3. The highest BCUT2D eigenvalue weighted by Gasteiger charge is 2.59. The number of aromatic nitrogens is 1. The predicted octanol–water partition coefficient (Wildman–Crippen LogP) is 3.74. The van der Waals surface area contributed by atoms with E-state index in [0.29, 0.717) is 61.0 Å². The molecule has 2 unspecified atom stereocenters. The van der Waals surface area contributed by atoms with Crippen LogP contribution in [0.25, 0.3) is 0 Å². The summed E-state index contributed by atoms with van der Waals surface area (Å²) in [5, 5.41) is 0. The van der Waals surface area contributed by atoms with Gasteiger partial charge >= 0.3 is 6.18 Å². The summed E-state index contributed by atoms with van der Waals surface area (Å²) in [7, 11) is 0. The lowest BCUT2D eigenvalue weighted by Gasteiger charge is -2.42. The molecule has 0 bridgehead atoms. The molecule has 9 nitrogen and oxygen atoms in total. The fourth-order valence-electron chi connectivity index (χ4n) is 6.66. The van der Waals surface area contributed by atoms with Crippen molar-refractivity contribution in [2.75, 3.05) is 43.6 Å². The second-order valence-corrected chi connectivity index (χ2v) is 11.0. The van der Waals surface area contributed by atoms with Crippen LogP contribution in [-0.4, -0.2) is 65.6 Å². The largest absolute Gasteiger partial charge is 0.484 e. The highest BCUT2D eigenvalue weighted by molar-refractivity contribution is 5.97. The number of benzene rings is 1. The molecule has 204 valence electrons. The second-order valence-electron chi connectivity index (χ2n) is 11.0. The Bertz CT molecular complexity index is 1310. The van der Waals surface area contributed by atoms with E-state index in [2.05, 4.69) is 21.4 Å². The SMILES string of the molecule is O=C(c1ccc2c(c1)NNN2)N1C[C@@H]2C3CN(C(=O)c4cc(OCC(F)(F)F)c(C5CC5)cn4)CC3[C@@H]2C1.[HH].[HH]. The van der Waals surface area contributed by atoms with E-state index in [1.54, 1.807) is 4.90 Å². The number of halogens is 3. The third kappa shape index (κ3) is 4.01. The van der Waals surface area contributed by atoms with Gasteiger partial charge in [-0.05, 0) is 60.6 Å². The van der Waals surface area contributed by atoms with Gasteiger partial charge < -0.3 is 25.4 Å². The Kier molecular flexibility index (Phi) is 5.26. The molecule has 2 aliphatic carbocycles. The van der Waals surface area contributed by atoms with E-state index < -0.39 is 12.8 Å². The summed E-state index contributed by atoms with van der Waals surface area (Å²) in [6.07, 6.45) is -1.19. The fraction of sp³-hybridized carbons (Fsp3) is 0.500. The normalized spacial score (nSPS) is 27.1. The van der Waals surface area contributed by atoms with Crippen molar-refractivity contribution < 1.29 is 30.4 Å². The molecule has 38 heavy (non-hydrogen) atoms. The molecular formula is C26H31F3N6O3. The molecule has 2 saturated carbocycles. The highest BCUT2D eigenvalue weighted by Crippen LogP contribution is 2.54. The lowest BCUT2D eigenvalue weighted by Crippen LogP contribution is -2.44. The van der Waals surface area contributed by atoms with Gasteiger partial charge in [0.25, 0.3) is 11.8 Å². The lowest BCUT2D eigenvalue weighted by atomic mass is 9.60. The van der Waals surface area contributed by atoms with Gasteiger partial charge in [-0.3, -0.25) is 14.6 Å². The maximum atomic E-state index is 13.3. The smallest absolute Gasteiger partial charge is 0.422 e. The number of pyridine rings is 1. The number of ether oxygens (including phenoxy) is 1. The maximum absolute atomic E-state index is 13.3. The van der Waals surface area contributed by atoms with Crippen LogP contribution in [0.3, 0.4) is 0 Å². The first-order valence-corrected chi connectivity index (χ1v) is 12.9. The van der Waals surface area contributed by atoms with Crippen molar-refractivity contribution in [3.63, 3.8) is 0 Å². The minimum absolute atomic E-state index is 0. The second kappa shape index (κ2) is 8.48. The zero-order valence-corrected chi connectivity index (χ0v) is 20.4. The van der Waals surface area contributed by atoms with Crippen molar-refractivity contribution in [1.29, 1.82) is 0 Å². The van der Waals surface area contributed by atoms with Crippen LogP contribution in [0.1, 0.15) is 48.0 Å². The van der Waals surface area contributed by atoms with Gasteiger partial charge in [0.05, 0.1) is 11.4 Å². The van der Waals surface area contributed by atoms with Gasteiger partial charge in [-0.15, -0.1) is 5.53 Å². The average molecular weight is 533 g/mol. The highest BCUT2D eigenvalue weighted by atomic mass is 19.4. The molecule has 0 spiro atoms. The molecule has 5 aliphatic rings. The number of amides is 2. The average Bonchev–Trinajstić information content (AvgIpc) is 3.32. The van der Waals surface area contributed by atoms with Crippen LogP contribution in [0.15, 0.2) is 30.5 Å². The number of carbonyl (C=O) groups is 2. The van der Waals surface area contributed by atoms with Crippen LogP contribution in [0.4, 0.5) is 24.5 Å². The third-order valence-electron chi connectivity index (χ3n) is 8.68. The summed E-state index contributed by atoms with van der Waals surface area (Å²) in [6, 6.07) is 6.89. The third-order valence-corrected chi connectivity index (χ3v) is 8.68. The fourth-order valence-corrected chi connectivity index (χ4v) is 6.66. The Morgan fingerprint density at radius 3 is 2.21 bits per heavy atom. The number of alkyl halides is 3. The van der Waals surface area contributed by atoms with Crippen LogP contribution in [0.5, 0.6) is 5.75 Å². The Morgan fingerprint density at radius 2 is 1.58 bits per heavy atom. The maximum Gasteiger partial charge on any atom is 0.422 e. The minimum Gasteiger partial charge on any atom is -0.484 e. The summed E-state index contributed by atoms with van der Waals surface area (Å²) in [6.45, 7) is 1.07. The number of likely N-dealkylation sites (tertiary alicyclic amines) is 2. The predicted molar refractivity (Wildman–Crippen MR) is 135 cm³/mol. The Morgan fingerprint density at radius 1 is 0.947 bits per heavy atom. The number of nitrogens with zero attached hydrogens (tertiary/aromatic N) is 3. The van der Waals surface area contributed by atoms with Crippen LogP contribution in [0.2, 0.25) is 0 Å². The van der Waals surface area contributed by atoms with Gasteiger partial charge in [0, 0.05) is 52.4 Å². The molecule has 1 aromatic carbocycles. The van der Waals surface area contributed by atoms with Crippen LogP contribution < -0.4 is 21.1 Å². The lowest BCUT2D eigenvalue weighted by molar-refractivity contribution is -0.153. The Hall–Kier alpha value is -3.54. The first-order chi connectivity index (χ1) is 18.2. The quantitative estimate of drug-likeness (QED) is 0.540. The van der Waals surface area contributed by atoms with Crippen LogP contribution in [0, 0.1) is 23.7 Å². The van der Waals surface area contributed by atoms with Gasteiger partial charge in [0.1, 0.15) is 11.4 Å². The van der Waals surface area contributed by atoms with E-state index >= 15 is 0 Å². The van der Waals surface area contributed by atoms with Crippen molar-refractivity contribution in [1.82, 2.24) is 20.3 Å². The number of carbonyl (C=O) groups excluding carboxylic acids is 2. The van der Waals surface area contributed by atoms with Gasteiger partial charge in [-0.25, -0.2) is 0 Å². The number of anilines is 2. The summed E-state index contributed by atoms with van der Waals surface area (Å²) in [4.78, 5) is 34.4. The van der Waals surface area contributed by atoms with Gasteiger partial charge in [0.15, 0.2) is 6.61 Å². The molecule has 4 atom stereocenters. The van der Waals surface area contributed by atoms with E-state index in [1.807, 2.05) is 23.1 Å². The van der Waals surface area contributed by atoms with Crippen molar-refractivity contribution in [3.8, 4) is 5.75 Å². The van der Waals surface area contributed by atoms with E-state index in [0.717, 1.165) is 24.2 Å². The molecule has 1 aromatic heterocycles. The molecule has 4 heterocycles. The summed E-state index contributed by atoms with van der Waals surface area (Å²) in [5.74, 6) is 1.27. The monoisotopic (exact) mass is 532 g/mol. The van der Waals surface area contributed by atoms with Gasteiger partial charge in [-0.1, -0.05) is 0 Å². The van der Waals surface area contributed by atoms with Gasteiger partial charge in [0.2, 0.25) is 0 Å².